The Morgan fingerprint density at radius 3 is 2.54 bits per heavy atom. The summed E-state index contributed by atoms with van der Waals surface area (Å²) in [7, 11) is 1.56. The van der Waals surface area contributed by atoms with Crippen LogP contribution < -0.4 is 10.3 Å². The molecule has 0 aliphatic rings. The lowest BCUT2D eigenvalue weighted by molar-refractivity contribution is 0.0471. The van der Waals surface area contributed by atoms with Crippen LogP contribution in [0, 0.1) is 6.92 Å². The Hall–Kier alpha value is -3.08. The van der Waals surface area contributed by atoms with Crippen LogP contribution in [0.25, 0.3) is 10.9 Å². The molecule has 24 heavy (non-hydrogen) atoms. The number of esters is 1. The zero-order valence-corrected chi connectivity index (χ0v) is 13.5. The van der Waals surface area contributed by atoms with Gasteiger partial charge in [0.1, 0.15) is 12.4 Å². The highest BCUT2D eigenvalue weighted by atomic mass is 16.5. The number of ether oxygens (including phenoxy) is 2. The van der Waals surface area contributed by atoms with E-state index in [0.29, 0.717) is 16.9 Å². The maximum Gasteiger partial charge on any atom is 0.338 e. The SMILES string of the molecule is COc1ccc(C(=O)OCc2cc3ccc(C)cc3[nH]c2=O)cc1. The van der Waals surface area contributed by atoms with Gasteiger partial charge in [-0.25, -0.2) is 4.79 Å². The highest BCUT2D eigenvalue weighted by molar-refractivity contribution is 5.89. The monoisotopic (exact) mass is 323 g/mol. The summed E-state index contributed by atoms with van der Waals surface area (Å²) in [6.45, 7) is 1.88. The maximum atomic E-state index is 12.1. The lowest BCUT2D eigenvalue weighted by Crippen LogP contribution is -2.15. The topological polar surface area (TPSA) is 68.4 Å². The lowest BCUT2D eigenvalue weighted by Gasteiger charge is -2.07. The van der Waals surface area contributed by atoms with Crippen molar-refractivity contribution in [2.45, 2.75) is 13.5 Å². The maximum absolute atomic E-state index is 12.1. The van der Waals surface area contributed by atoms with Gasteiger partial charge in [-0.05, 0) is 54.3 Å². The number of hydrogen-bond donors (Lipinski definition) is 1. The predicted octanol–water partition coefficient (Wildman–Crippen LogP) is 3.20. The van der Waals surface area contributed by atoms with Gasteiger partial charge in [-0.3, -0.25) is 4.79 Å². The van der Waals surface area contributed by atoms with Crippen LogP contribution in [0.3, 0.4) is 0 Å². The number of hydrogen-bond acceptors (Lipinski definition) is 4. The molecule has 1 N–H and O–H groups in total. The summed E-state index contributed by atoms with van der Waals surface area (Å²) in [5.74, 6) is 0.175. The van der Waals surface area contributed by atoms with Gasteiger partial charge in [0.2, 0.25) is 0 Å². The van der Waals surface area contributed by atoms with Gasteiger partial charge in [0.15, 0.2) is 0 Å². The summed E-state index contributed by atoms with van der Waals surface area (Å²) >= 11 is 0. The van der Waals surface area contributed by atoms with Crippen LogP contribution in [-0.4, -0.2) is 18.1 Å². The van der Waals surface area contributed by atoms with Crippen molar-refractivity contribution in [1.29, 1.82) is 0 Å². The predicted molar refractivity (Wildman–Crippen MR) is 91.4 cm³/mol. The standard InChI is InChI=1S/C19H17NO4/c1-12-3-4-14-10-15(18(21)20-17(14)9-12)11-24-19(22)13-5-7-16(23-2)8-6-13/h3-10H,11H2,1-2H3,(H,20,21). The minimum absolute atomic E-state index is 0.0794. The van der Waals surface area contributed by atoms with Crippen LogP contribution >= 0.6 is 0 Å². The van der Waals surface area contributed by atoms with E-state index in [1.54, 1.807) is 37.4 Å². The Kier molecular flexibility index (Phi) is 4.33. The van der Waals surface area contributed by atoms with E-state index in [0.717, 1.165) is 16.5 Å². The molecule has 0 radical (unpaired) electrons. The van der Waals surface area contributed by atoms with E-state index in [1.807, 2.05) is 25.1 Å². The Morgan fingerprint density at radius 2 is 1.83 bits per heavy atom. The molecule has 0 bridgehead atoms. The number of aromatic amines is 1. The molecule has 3 rings (SSSR count). The van der Waals surface area contributed by atoms with E-state index >= 15 is 0 Å². The number of H-pyrrole nitrogens is 1. The van der Waals surface area contributed by atoms with Crippen molar-refractivity contribution in [3.8, 4) is 5.75 Å². The van der Waals surface area contributed by atoms with Gasteiger partial charge in [0.05, 0.1) is 18.2 Å². The van der Waals surface area contributed by atoms with Crippen molar-refractivity contribution in [2.24, 2.45) is 0 Å². The molecule has 122 valence electrons. The molecule has 0 spiro atoms. The fourth-order valence-electron chi connectivity index (χ4n) is 2.42. The Morgan fingerprint density at radius 1 is 1.08 bits per heavy atom. The van der Waals surface area contributed by atoms with Crippen molar-refractivity contribution < 1.29 is 14.3 Å². The van der Waals surface area contributed by atoms with Gasteiger partial charge in [-0.15, -0.1) is 0 Å². The molecule has 5 heteroatoms. The second kappa shape index (κ2) is 6.58. The van der Waals surface area contributed by atoms with E-state index in [4.69, 9.17) is 9.47 Å². The Bertz CT molecular complexity index is 942. The number of carbonyl (C=O) groups is 1. The van der Waals surface area contributed by atoms with Crippen molar-refractivity contribution in [2.75, 3.05) is 7.11 Å². The molecule has 0 saturated carbocycles. The molecule has 0 unspecified atom stereocenters. The molecular formula is C19H17NO4. The third-order valence-electron chi connectivity index (χ3n) is 3.76. The number of benzene rings is 2. The van der Waals surface area contributed by atoms with Crippen LogP contribution in [0.15, 0.2) is 53.3 Å². The zero-order chi connectivity index (χ0) is 17.1. The highest BCUT2D eigenvalue weighted by Gasteiger charge is 2.10. The van der Waals surface area contributed by atoms with Gasteiger partial charge < -0.3 is 14.5 Å². The summed E-state index contributed by atoms with van der Waals surface area (Å²) in [4.78, 5) is 27.0. The van der Waals surface area contributed by atoms with Crippen LogP contribution in [-0.2, 0) is 11.3 Å². The molecular weight excluding hydrogens is 306 g/mol. The van der Waals surface area contributed by atoms with Crippen LogP contribution in [0.2, 0.25) is 0 Å². The number of nitrogens with one attached hydrogen (secondary N) is 1. The number of aromatic nitrogens is 1. The third-order valence-corrected chi connectivity index (χ3v) is 3.76. The molecule has 0 saturated heterocycles. The van der Waals surface area contributed by atoms with Crippen molar-refractivity contribution in [1.82, 2.24) is 4.98 Å². The quantitative estimate of drug-likeness (QED) is 0.749. The number of rotatable bonds is 4. The van der Waals surface area contributed by atoms with Gasteiger partial charge in [0, 0.05) is 5.52 Å². The molecule has 0 amide bonds. The average Bonchev–Trinajstić information content (AvgIpc) is 2.59. The van der Waals surface area contributed by atoms with E-state index in [1.165, 1.54) is 0 Å². The second-order valence-corrected chi connectivity index (χ2v) is 5.52. The highest BCUT2D eigenvalue weighted by Crippen LogP contribution is 2.15. The zero-order valence-electron chi connectivity index (χ0n) is 13.5. The molecule has 2 aromatic carbocycles. The fraction of sp³-hybridized carbons (Fsp3) is 0.158. The number of pyridine rings is 1. The first-order valence-electron chi connectivity index (χ1n) is 7.50. The number of fused-ring (bicyclic) bond motifs is 1. The summed E-state index contributed by atoms with van der Waals surface area (Å²) in [5.41, 5.74) is 2.40. The van der Waals surface area contributed by atoms with Gasteiger partial charge >= 0.3 is 5.97 Å². The van der Waals surface area contributed by atoms with Gasteiger partial charge in [0.25, 0.3) is 5.56 Å². The summed E-state index contributed by atoms with van der Waals surface area (Å²) in [6.07, 6.45) is 0. The van der Waals surface area contributed by atoms with E-state index < -0.39 is 5.97 Å². The smallest absolute Gasteiger partial charge is 0.338 e. The average molecular weight is 323 g/mol. The third kappa shape index (κ3) is 3.30. The van der Waals surface area contributed by atoms with Gasteiger partial charge in [-0.1, -0.05) is 12.1 Å². The molecule has 0 fully saturated rings. The van der Waals surface area contributed by atoms with Crippen LogP contribution in [0.4, 0.5) is 0 Å². The summed E-state index contributed by atoms with van der Waals surface area (Å²) in [6, 6.07) is 14.1. The molecule has 0 aliphatic heterocycles. The first-order chi connectivity index (χ1) is 11.6. The molecule has 1 aromatic heterocycles. The van der Waals surface area contributed by atoms with Crippen molar-refractivity contribution in [3.63, 3.8) is 0 Å². The second-order valence-electron chi connectivity index (χ2n) is 5.52. The first kappa shape index (κ1) is 15.8. The molecule has 5 nitrogen and oxygen atoms in total. The first-order valence-corrected chi connectivity index (χ1v) is 7.50. The van der Waals surface area contributed by atoms with E-state index in [9.17, 15) is 9.59 Å². The summed E-state index contributed by atoms with van der Waals surface area (Å²) in [5, 5.41) is 0.899. The van der Waals surface area contributed by atoms with Crippen LogP contribution in [0.5, 0.6) is 5.75 Å². The van der Waals surface area contributed by atoms with Crippen molar-refractivity contribution in [3.05, 3.63) is 75.6 Å². The molecule has 1 heterocycles. The number of methoxy groups -OCH3 is 1. The van der Waals surface area contributed by atoms with E-state index in [2.05, 4.69) is 4.98 Å². The molecule has 0 aliphatic carbocycles. The number of carbonyl (C=O) groups excluding carboxylic acids is 1. The van der Waals surface area contributed by atoms with E-state index in [-0.39, 0.29) is 12.2 Å². The summed E-state index contributed by atoms with van der Waals surface area (Å²) < 4.78 is 10.3. The fourth-order valence-corrected chi connectivity index (χ4v) is 2.42. The van der Waals surface area contributed by atoms with Crippen LogP contribution in [0.1, 0.15) is 21.5 Å². The molecule has 0 atom stereocenters. The largest absolute Gasteiger partial charge is 0.497 e. The van der Waals surface area contributed by atoms with Crippen molar-refractivity contribution >= 4 is 16.9 Å². The minimum atomic E-state index is -0.485. The Balaban J connectivity index is 1.77. The Labute approximate surface area is 138 Å². The lowest BCUT2D eigenvalue weighted by atomic mass is 10.1. The number of aryl methyl sites for hydroxylation is 1. The van der Waals surface area contributed by atoms with Gasteiger partial charge in [-0.2, -0.15) is 0 Å². The normalized spacial score (nSPS) is 10.6. The minimum Gasteiger partial charge on any atom is -0.497 e. The molecule has 3 aromatic rings.